The molecule has 3 aliphatic rings. The zero-order valence-corrected chi connectivity index (χ0v) is 48.5. The second-order valence-electron chi connectivity index (χ2n) is 22.2. The number of nitrogens with one attached hydrogen (secondary N) is 5. The second kappa shape index (κ2) is 33.5. The highest BCUT2D eigenvalue weighted by Crippen LogP contribution is 2.27. The topological polar surface area (TPSA) is 460 Å². The molecular weight excluding hydrogens is 1110 g/mol. The number of carboxylic acids is 3. The maximum Gasteiger partial charge on any atom is 0.326 e. The molecule has 4 heterocycles. The lowest BCUT2D eigenvalue weighted by molar-refractivity contribution is -0.149. The fraction of sp³-hybridized carbons (Fsp3) is 0.755. The molecule has 3 fully saturated rings. The number of ether oxygens (including phenoxy) is 2. The van der Waals surface area contributed by atoms with Crippen LogP contribution >= 0.6 is 0 Å². The predicted molar refractivity (Wildman–Crippen MR) is 294 cm³/mol. The van der Waals surface area contributed by atoms with Gasteiger partial charge in [0.1, 0.15) is 48.3 Å². The van der Waals surface area contributed by atoms with Gasteiger partial charge in [-0.3, -0.25) is 47.9 Å². The fourth-order valence-corrected chi connectivity index (χ4v) is 9.87. The molecule has 0 bridgehead atoms. The van der Waals surface area contributed by atoms with Gasteiger partial charge >= 0.3 is 17.9 Å². The van der Waals surface area contributed by atoms with Crippen molar-refractivity contribution in [3.8, 4) is 0 Å². The number of aliphatic hydroxyl groups is 2. The van der Waals surface area contributed by atoms with E-state index in [9.17, 15) is 73.2 Å². The summed E-state index contributed by atoms with van der Waals surface area (Å²) < 4.78 is 13.7. The zero-order valence-electron chi connectivity index (χ0n) is 48.5. The molecule has 4 rings (SSSR count). The third kappa shape index (κ3) is 21.0. The van der Waals surface area contributed by atoms with Crippen LogP contribution in [0.2, 0.25) is 0 Å². The first-order valence-corrected chi connectivity index (χ1v) is 28.7. The van der Waals surface area contributed by atoms with Gasteiger partial charge < -0.3 is 87.8 Å². The Kier molecular flexibility index (Phi) is 27.8. The number of carbonyl (C=O) groups excluding carboxylic acids is 8. The van der Waals surface area contributed by atoms with Crippen LogP contribution in [0, 0.1) is 0 Å². The number of carboxylic acid groups (broad SMARTS) is 3. The third-order valence-electron chi connectivity index (χ3n) is 15.2. The number of nitrogens with two attached hydrogens (primary N) is 2. The number of hydrogen-bond donors (Lipinski definition) is 12. The minimum Gasteiger partial charge on any atom is -0.481 e. The van der Waals surface area contributed by atoms with Gasteiger partial charge in [0.2, 0.25) is 47.3 Å². The monoisotopic (exact) mass is 1190 g/mol. The Bertz CT molecular complexity index is 2450. The summed E-state index contributed by atoms with van der Waals surface area (Å²) in [6, 6.07) is -11.2. The molecule has 31 heteroatoms. The van der Waals surface area contributed by atoms with Crippen molar-refractivity contribution in [3.05, 3.63) is 11.9 Å². The Hall–Kier alpha value is -6.93. The van der Waals surface area contributed by atoms with Crippen molar-refractivity contribution in [3.63, 3.8) is 0 Å². The average molecular weight is 1190 g/mol. The first-order chi connectivity index (χ1) is 39.8. The predicted octanol–water partition coefficient (Wildman–Crippen LogP) is -3.53. The molecule has 1 aromatic rings. The van der Waals surface area contributed by atoms with Crippen LogP contribution in [0.15, 0.2) is 6.20 Å². The molecule has 9 atom stereocenters. The Morgan fingerprint density at radius 3 is 1.76 bits per heavy atom. The summed E-state index contributed by atoms with van der Waals surface area (Å²) in [6.45, 7) is 7.72. The molecule has 31 nitrogen and oxygen atoms in total. The molecule has 0 aliphatic carbocycles. The maximum absolute atomic E-state index is 14.2. The Balaban J connectivity index is 1.35. The number of likely N-dealkylation sites (tertiary alicyclic amines) is 3. The summed E-state index contributed by atoms with van der Waals surface area (Å²) >= 11 is 0. The van der Waals surface area contributed by atoms with E-state index < -0.39 is 164 Å². The smallest absolute Gasteiger partial charge is 0.326 e. The standard InChI is InChI=1S/C53H87N13O18/c1-5-53(4,31-84-52(2,3)30-55)83-26-25-63-27-32(61-62-63)15-18-41(69)56-34(11-6-7-21-54)48(78)64-22-8-12-38(64)47(77)59-36(28-67)45(75)60-37(29-68)49(79)66-24-10-14-40(66)50(80)65-23-9-13-39(65)46(76)57-33(16-19-42(70)71)44(74)58-35(51(81)82)17-20-43(72)73/h27,33-40,67-68H,5-26,28-31,54-55H2,1-4H3,(H,56,69)(H,57,76)(H,58,74)(H,59,77)(H,60,75)(H,70,71)(H,72,73)(H,81,82)/t33-,34-,35-,36-,37+,38-,39-,40-,53?/m0/s1. The van der Waals surface area contributed by atoms with Crippen molar-refractivity contribution in [2.75, 3.05) is 59.2 Å². The van der Waals surface area contributed by atoms with Crippen molar-refractivity contribution in [2.24, 2.45) is 11.5 Å². The van der Waals surface area contributed by atoms with Crippen molar-refractivity contribution >= 4 is 65.2 Å². The van der Waals surface area contributed by atoms with Crippen LogP contribution in [0.25, 0.3) is 0 Å². The van der Waals surface area contributed by atoms with Crippen LogP contribution in [0.5, 0.6) is 0 Å². The van der Waals surface area contributed by atoms with Crippen molar-refractivity contribution in [1.29, 1.82) is 0 Å². The summed E-state index contributed by atoms with van der Waals surface area (Å²) in [5.41, 5.74) is 11.0. The molecular formula is C53H87N13O18. The Morgan fingerprint density at radius 2 is 1.19 bits per heavy atom. The number of hydrogen-bond acceptors (Lipinski definition) is 19. The zero-order chi connectivity index (χ0) is 62.3. The van der Waals surface area contributed by atoms with Crippen molar-refractivity contribution in [1.82, 2.24) is 56.3 Å². The van der Waals surface area contributed by atoms with E-state index >= 15 is 0 Å². The quantitative estimate of drug-likeness (QED) is 0.0287. The Morgan fingerprint density at radius 1 is 0.655 bits per heavy atom. The molecule has 472 valence electrons. The largest absolute Gasteiger partial charge is 0.481 e. The molecule has 3 saturated heterocycles. The van der Waals surface area contributed by atoms with Gasteiger partial charge in [-0.1, -0.05) is 12.1 Å². The minimum atomic E-state index is -1.69. The van der Waals surface area contributed by atoms with Crippen LogP contribution in [0.3, 0.4) is 0 Å². The summed E-state index contributed by atoms with van der Waals surface area (Å²) in [7, 11) is 0. The van der Waals surface area contributed by atoms with Gasteiger partial charge in [-0.25, -0.2) is 9.48 Å². The van der Waals surface area contributed by atoms with Crippen LogP contribution in [0.1, 0.15) is 130 Å². The first kappa shape index (κ1) is 69.6. The molecule has 84 heavy (non-hydrogen) atoms. The van der Waals surface area contributed by atoms with Crippen LogP contribution < -0.4 is 38.1 Å². The SMILES string of the molecule is CCC(C)(COC(C)(C)CN)OCCn1cc(CCC(=O)N[C@@H](CCCCN)C(=O)N2CCC[C@H]2C(=O)N[C@@H](CO)C(=O)N[C@H](CO)C(=O)N2CCC[C@H]2C(=O)N2CCC[C@H]2C(=O)N[C@@H](CCC(=O)O)C(=O)N[C@@H](CCC(=O)O)C(=O)O)nn1. The molecule has 8 amide bonds. The van der Waals surface area contributed by atoms with Crippen LogP contribution in [-0.2, 0) is 75.2 Å². The molecule has 3 aliphatic heterocycles. The second-order valence-corrected chi connectivity index (χ2v) is 22.2. The van der Waals surface area contributed by atoms with E-state index in [0.717, 1.165) is 4.90 Å². The molecule has 14 N–H and O–H groups in total. The van der Waals surface area contributed by atoms with E-state index in [2.05, 4.69) is 36.9 Å². The van der Waals surface area contributed by atoms with Crippen molar-refractivity contribution in [2.45, 2.75) is 197 Å². The number of aliphatic hydroxyl groups excluding tert-OH is 2. The lowest BCUT2D eigenvalue weighted by Crippen LogP contribution is -2.61. The van der Waals surface area contributed by atoms with Crippen LogP contribution in [0.4, 0.5) is 0 Å². The fourth-order valence-electron chi connectivity index (χ4n) is 9.87. The average Bonchev–Trinajstić information content (AvgIpc) is 3.58. The van der Waals surface area contributed by atoms with E-state index in [-0.39, 0.29) is 58.2 Å². The summed E-state index contributed by atoms with van der Waals surface area (Å²) in [4.78, 5) is 148. The van der Waals surface area contributed by atoms with Gasteiger partial charge in [0.15, 0.2) is 0 Å². The number of amides is 8. The summed E-state index contributed by atoms with van der Waals surface area (Å²) in [6.07, 6.45) is 2.88. The number of aliphatic carboxylic acids is 3. The number of rotatable bonds is 37. The van der Waals surface area contributed by atoms with Gasteiger partial charge in [0.05, 0.1) is 49.9 Å². The van der Waals surface area contributed by atoms with E-state index in [0.29, 0.717) is 77.1 Å². The van der Waals surface area contributed by atoms with Crippen molar-refractivity contribution < 1.29 is 87.7 Å². The number of nitrogens with zero attached hydrogens (tertiary/aromatic N) is 6. The lowest BCUT2D eigenvalue weighted by atomic mass is 10.0. The number of unbranched alkanes of at least 4 members (excludes halogenated alkanes) is 1. The summed E-state index contributed by atoms with van der Waals surface area (Å²) in [5.74, 6) is -10.7. The van der Waals surface area contributed by atoms with E-state index in [4.69, 9.17) is 26.0 Å². The molecule has 0 saturated carbocycles. The number of aromatic nitrogens is 3. The third-order valence-corrected chi connectivity index (χ3v) is 15.2. The highest BCUT2D eigenvalue weighted by Gasteiger charge is 2.45. The first-order valence-electron chi connectivity index (χ1n) is 28.7. The summed E-state index contributed by atoms with van der Waals surface area (Å²) in [5, 5.41) is 69.1. The van der Waals surface area contributed by atoms with Gasteiger partial charge in [-0.05, 0) is 104 Å². The number of carbonyl (C=O) groups is 11. The Labute approximate surface area is 487 Å². The van der Waals surface area contributed by atoms with E-state index in [1.807, 2.05) is 27.7 Å². The normalized spacial score (nSPS) is 19.5. The minimum absolute atomic E-state index is 0.0131. The highest BCUT2D eigenvalue weighted by atomic mass is 16.6. The highest BCUT2D eigenvalue weighted by molar-refractivity contribution is 5.98. The molecule has 0 radical (unpaired) electrons. The molecule has 0 spiro atoms. The number of aryl methyl sites for hydroxylation is 1. The van der Waals surface area contributed by atoms with E-state index in [1.165, 1.54) is 9.80 Å². The van der Waals surface area contributed by atoms with Gasteiger partial charge in [-0.2, -0.15) is 0 Å². The van der Waals surface area contributed by atoms with Crippen LogP contribution in [-0.4, -0.2) is 239 Å². The lowest BCUT2D eigenvalue weighted by Gasteiger charge is -2.33. The molecule has 0 aromatic carbocycles. The maximum atomic E-state index is 14.2. The van der Waals surface area contributed by atoms with Gasteiger partial charge in [0, 0.05) is 58.1 Å². The van der Waals surface area contributed by atoms with Gasteiger partial charge in [0.25, 0.3) is 0 Å². The van der Waals surface area contributed by atoms with Gasteiger partial charge in [-0.15, -0.1) is 5.10 Å². The molecule has 1 aromatic heterocycles. The van der Waals surface area contributed by atoms with E-state index in [1.54, 1.807) is 10.9 Å². The molecule has 1 unspecified atom stereocenters.